The van der Waals surface area contributed by atoms with E-state index < -0.39 is 6.10 Å². The highest BCUT2D eigenvalue weighted by molar-refractivity contribution is 5.34. The number of aliphatic hydroxyl groups excluding tert-OH is 1. The molecule has 0 aromatic heterocycles. The molecule has 17 heavy (non-hydrogen) atoms. The summed E-state index contributed by atoms with van der Waals surface area (Å²) in [6.45, 7) is 2.04. The summed E-state index contributed by atoms with van der Waals surface area (Å²) < 4.78 is 4.96. The SMILES string of the molecule is COCCNCC(O)c1ccccc1C1CC1. The molecule has 0 aliphatic heterocycles. The molecule has 1 aliphatic carbocycles. The zero-order valence-electron chi connectivity index (χ0n) is 10.4. The molecule has 0 spiro atoms. The number of aliphatic hydroxyl groups is 1. The van der Waals surface area contributed by atoms with E-state index in [1.54, 1.807) is 7.11 Å². The van der Waals surface area contributed by atoms with Crippen LogP contribution in [-0.2, 0) is 4.74 Å². The molecule has 2 N–H and O–H groups in total. The van der Waals surface area contributed by atoms with Gasteiger partial charge in [-0.1, -0.05) is 24.3 Å². The molecule has 1 unspecified atom stereocenters. The molecule has 1 aromatic rings. The van der Waals surface area contributed by atoms with E-state index in [1.807, 2.05) is 12.1 Å². The quantitative estimate of drug-likeness (QED) is 0.708. The van der Waals surface area contributed by atoms with Gasteiger partial charge in [-0.15, -0.1) is 0 Å². The van der Waals surface area contributed by atoms with Gasteiger partial charge < -0.3 is 15.2 Å². The van der Waals surface area contributed by atoms with Crippen molar-refractivity contribution in [3.8, 4) is 0 Å². The van der Waals surface area contributed by atoms with Crippen LogP contribution in [0.4, 0.5) is 0 Å². The first-order chi connectivity index (χ1) is 8.33. The molecule has 0 amide bonds. The fourth-order valence-corrected chi connectivity index (χ4v) is 2.10. The van der Waals surface area contributed by atoms with Crippen LogP contribution in [0.15, 0.2) is 24.3 Å². The van der Waals surface area contributed by atoms with Gasteiger partial charge in [-0.25, -0.2) is 0 Å². The van der Waals surface area contributed by atoms with Crippen molar-refractivity contribution in [1.82, 2.24) is 5.32 Å². The van der Waals surface area contributed by atoms with Gasteiger partial charge >= 0.3 is 0 Å². The first kappa shape index (κ1) is 12.6. The molecule has 94 valence electrons. The summed E-state index contributed by atoms with van der Waals surface area (Å²) in [5, 5.41) is 13.4. The van der Waals surface area contributed by atoms with E-state index in [2.05, 4.69) is 17.4 Å². The maximum Gasteiger partial charge on any atom is 0.0917 e. The number of methoxy groups -OCH3 is 1. The monoisotopic (exact) mass is 235 g/mol. The number of benzene rings is 1. The number of ether oxygens (including phenoxy) is 1. The molecule has 1 aromatic carbocycles. The van der Waals surface area contributed by atoms with E-state index >= 15 is 0 Å². The lowest BCUT2D eigenvalue weighted by atomic mass is 9.99. The molecule has 1 aliphatic rings. The summed E-state index contributed by atoms with van der Waals surface area (Å²) in [4.78, 5) is 0. The Hall–Kier alpha value is -0.900. The molecular weight excluding hydrogens is 214 g/mol. The van der Waals surface area contributed by atoms with Gasteiger partial charge in [0.15, 0.2) is 0 Å². The van der Waals surface area contributed by atoms with E-state index in [-0.39, 0.29) is 0 Å². The van der Waals surface area contributed by atoms with Crippen molar-refractivity contribution in [3.05, 3.63) is 35.4 Å². The maximum absolute atomic E-state index is 10.2. The van der Waals surface area contributed by atoms with Gasteiger partial charge in [-0.2, -0.15) is 0 Å². The van der Waals surface area contributed by atoms with Gasteiger partial charge in [0, 0.05) is 20.2 Å². The zero-order valence-corrected chi connectivity index (χ0v) is 10.4. The molecular formula is C14H21NO2. The second kappa shape index (κ2) is 6.15. The smallest absolute Gasteiger partial charge is 0.0917 e. The predicted octanol–water partition coefficient (Wildman–Crippen LogP) is 1.83. The van der Waals surface area contributed by atoms with Gasteiger partial charge in [0.1, 0.15) is 0 Å². The van der Waals surface area contributed by atoms with Crippen molar-refractivity contribution in [1.29, 1.82) is 0 Å². The van der Waals surface area contributed by atoms with Crippen molar-refractivity contribution in [2.24, 2.45) is 0 Å². The highest BCUT2D eigenvalue weighted by Crippen LogP contribution is 2.42. The van der Waals surface area contributed by atoms with Crippen LogP contribution in [0, 0.1) is 0 Å². The highest BCUT2D eigenvalue weighted by atomic mass is 16.5. The Labute approximate surface area is 103 Å². The van der Waals surface area contributed by atoms with Crippen molar-refractivity contribution < 1.29 is 9.84 Å². The summed E-state index contributed by atoms with van der Waals surface area (Å²) in [7, 11) is 1.68. The van der Waals surface area contributed by atoms with Crippen molar-refractivity contribution in [2.75, 3.05) is 26.8 Å². The summed E-state index contributed by atoms with van der Waals surface area (Å²) >= 11 is 0. The second-order valence-electron chi connectivity index (χ2n) is 4.62. The van der Waals surface area contributed by atoms with Gasteiger partial charge in [-0.05, 0) is 29.9 Å². The van der Waals surface area contributed by atoms with E-state index in [0.29, 0.717) is 19.1 Å². The van der Waals surface area contributed by atoms with Gasteiger partial charge in [-0.3, -0.25) is 0 Å². The Morgan fingerprint density at radius 2 is 2.18 bits per heavy atom. The Bertz CT molecular complexity index is 350. The van der Waals surface area contributed by atoms with Gasteiger partial charge in [0.25, 0.3) is 0 Å². The Kier molecular flexibility index (Phi) is 4.54. The zero-order chi connectivity index (χ0) is 12.1. The summed E-state index contributed by atoms with van der Waals surface area (Å²) in [5.74, 6) is 0.680. The topological polar surface area (TPSA) is 41.5 Å². The number of rotatable bonds is 7. The standard InChI is InChI=1S/C14H21NO2/c1-17-9-8-15-10-14(16)13-5-3-2-4-12(13)11-6-7-11/h2-5,11,14-16H,6-10H2,1H3. The lowest BCUT2D eigenvalue weighted by molar-refractivity contribution is 0.161. The van der Waals surface area contributed by atoms with Crippen LogP contribution in [0.5, 0.6) is 0 Å². The fourth-order valence-electron chi connectivity index (χ4n) is 2.10. The van der Waals surface area contributed by atoms with Crippen LogP contribution in [-0.4, -0.2) is 31.9 Å². The fraction of sp³-hybridized carbons (Fsp3) is 0.571. The third-order valence-corrected chi connectivity index (χ3v) is 3.19. The Morgan fingerprint density at radius 3 is 2.88 bits per heavy atom. The molecule has 0 saturated heterocycles. The third-order valence-electron chi connectivity index (χ3n) is 3.19. The first-order valence-corrected chi connectivity index (χ1v) is 6.29. The van der Waals surface area contributed by atoms with Crippen LogP contribution in [0.1, 0.15) is 36.0 Å². The number of hydrogen-bond donors (Lipinski definition) is 2. The van der Waals surface area contributed by atoms with E-state index in [9.17, 15) is 5.11 Å². The average Bonchev–Trinajstić information content (AvgIpc) is 3.18. The van der Waals surface area contributed by atoms with Crippen LogP contribution in [0.2, 0.25) is 0 Å². The van der Waals surface area contributed by atoms with Crippen LogP contribution < -0.4 is 5.32 Å². The average molecular weight is 235 g/mol. The van der Waals surface area contributed by atoms with Crippen molar-refractivity contribution >= 4 is 0 Å². The minimum atomic E-state index is -0.413. The van der Waals surface area contributed by atoms with Crippen molar-refractivity contribution in [3.63, 3.8) is 0 Å². The van der Waals surface area contributed by atoms with E-state index in [1.165, 1.54) is 18.4 Å². The second-order valence-corrected chi connectivity index (χ2v) is 4.62. The Balaban J connectivity index is 1.91. The van der Waals surface area contributed by atoms with Crippen molar-refractivity contribution in [2.45, 2.75) is 24.9 Å². The minimum Gasteiger partial charge on any atom is -0.387 e. The highest BCUT2D eigenvalue weighted by Gasteiger charge is 2.27. The molecule has 0 heterocycles. The largest absolute Gasteiger partial charge is 0.387 e. The van der Waals surface area contributed by atoms with E-state index in [0.717, 1.165) is 12.1 Å². The first-order valence-electron chi connectivity index (χ1n) is 6.29. The third kappa shape index (κ3) is 3.53. The van der Waals surface area contributed by atoms with Crippen LogP contribution >= 0.6 is 0 Å². The van der Waals surface area contributed by atoms with Gasteiger partial charge in [0.05, 0.1) is 12.7 Å². The summed E-state index contributed by atoms with van der Waals surface area (Å²) in [6, 6.07) is 8.24. The molecule has 0 radical (unpaired) electrons. The molecule has 2 rings (SSSR count). The number of hydrogen-bond acceptors (Lipinski definition) is 3. The number of nitrogens with one attached hydrogen (secondary N) is 1. The molecule has 1 atom stereocenters. The molecule has 3 nitrogen and oxygen atoms in total. The predicted molar refractivity (Wildman–Crippen MR) is 68.1 cm³/mol. The Morgan fingerprint density at radius 1 is 1.41 bits per heavy atom. The van der Waals surface area contributed by atoms with Crippen LogP contribution in [0.25, 0.3) is 0 Å². The molecule has 3 heteroatoms. The molecule has 1 saturated carbocycles. The molecule has 0 bridgehead atoms. The van der Waals surface area contributed by atoms with Crippen LogP contribution in [0.3, 0.4) is 0 Å². The lowest BCUT2D eigenvalue weighted by Crippen LogP contribution is -2.25. The minimum absolute atomic E-state index is 0.413. The maximum atomic E-state index is 10.2. The molecule has 1 fully saturated rings. The lowest BCUT2D eigenvalue weighted by Gasteiger charge is -2.16. The van der Waals surface area contributed by atoms with Gasteiger partial charge in [0.2, 0.25) is 0 Å². The summed E-state index contributed by atoms with van der Waals surface area (Å²) in [5.41, 5.74) is 2.41. The normalized spacial score (nSPS) is 17.1. The van der Waals surface area contributed by atoms with E-state index in [4.69, 9.17) is 4.74 Å². The summed E-state index contributed by atoms with van der Waals surface area (Å²) in [6.07, 6.45) is 2.12.